The molecule has 0 heterocycles. The van der Waals surface area contributed by atoms with Crippen molar-refractivity contribution >= 4 is 11.8 Å². The molecular weight excluding hydrogens is 144 g/mol. The lowest BCUT2D eigenvalue weighted by atomic mass is 10.2. The molecule has 0 aromatic carbocycles. The Kier molecular flexibility index (Phi) is 5.78. The summed E-state index contributed by atoms with van der Waals surface area (Å²) in [5, 5.41) is 0. The summed E-state index contributed by atoms with van der Waals surface area (Å²) in [4.78, 5) is 0. The fraction of sp³-hybridized carbons (Fsp3) is 0.714. The van der Waals surface area contributed by atoms with Gasteiger partial charge in [0.2, 0.25) is 0 Å². The summed E-state index contributed by atoms with van der Waals surface area (Å²) in [5.74, 6) is 7.44. The van der Waals surface area contributed by atoms with Gasteiger partial charge in [0.05, 0.1) is 6.04 Å². The van der Waals surface area contributed by atoms with Crippen LogP contribution >= 0.6 is 11.8 Å². The monoisotopic (exact) mass is 160 g/mol. The summed E-state index contributed by atoms with van der Waals surface area (Å²) in [7, 11) is 0. The number of hydrogen-bond donors (Lipinski definition) is 2. The topological polar surface area (TPSA) is 38.0 Å². The third-order valence-corrected chi connectivity index (χ3v) is 2.26. The quantitative estimate of drug-likeness (QED) is 0.360. The summed E-state index contributed by atoms with van der Waals surface area (Å²) in [6, 6.07) is 0.268. The first-order valence-corrected chi connectivity index (χ1v) is 4.57. The van der Waals surface area contributed by atoms with E-state index < -0.39 is 0 Å². The van der Waals surface area contributed by atoms with Gasteiger partial charge in [-0.15, -0.1) is 0 Å². The van der Waals surface area contributed by atoms with E-state index in [1.807, 2.05) is 18.7 Å². The van der Waals surface area contributed by atoms with Gasteiger partial charge < -0.3 is 0 Å². The highest BCUT2D eigenvalue weighted by Crippen LogP contribution is 2.06. The second-order valence-electron chi connectivity index (χ2n) is 2.23. The fourth-order valence-corrected chi connectivity index (χ4v) is 1.42. The van der Waals surface area contributed by atoms with Gasteiger partial charge >= 0.3 is 0 Å². The lowest BCUT2D eigenvalue weighted by Crippen LogP contribution is -2.37. The maximum atomic E-state index is 5.29. The van der Waals surface area contributed by atoms with Gasteiger partial charge in [0.15, 0.2) is 0 Å². The van der Waals surface area contributed by atoms with Crippen LogP contribution in [0.5, 0.6) is 0 Å². The van der Waals surface area contributed by atoms with Crippen LogP contribution in [0.25, 0.3) is 0 Å². The maximum absolute atomic E-state index is 5.29. The van der Waals surface area contributed by atoms with Crippen molar-refractivity contribution in [3.8, 4) is 0 Å². The smallest absolute Gasteiger partial charge is 0.0505 e. The van der Waals surface area contributed by atoms with Crippen LogP contribution in [-0.2, 0) is 0 Å². The van der Waals surface area contributed by atoms with Crippen molar-refractivity contribution in [2.24, 2.45) is 5.84 Å². The molecule has 3 N–H and O–H groups in total. The minimum absolute atomic E-state index is 0.268. The number of nitrogens with two attached hydrogens (primary N) is 1. The highest BCUT2D eigenvalue weighted by atomic mass is 32.2. The van der Waals surface area contributed by atoms with Crippen molar-refractivity contribution in [2.45, 2.75) is 19.9 Å². The summed E-state index contributed by atoms with van der Waals surface area (Å²) < 4.78 is 0. The molecule has 0 aromatic heterocycles. The molecule has 0 saturated heterocycles. The highest BCUT2D eigenvalue weighted by molar-refractivity contribution is 7.99. The molecule has 0 aliphatic rings. The van der Waals surface area contributed by atoms with Gasteiger partial charge in [-0.1, -0.05) is 19.1 Å². The minimum Gasteiger partial charge on any atom is -0.271 e. The maximum Gasteiger partial charge on any atom is 0.0505 e. The van der Waals surface area contributed by atoms with Crippen molar-refractivity contribution in [3.63, 3.8) is 0 Å². The number of hydrazine groups is 1. The van der Waals surface area contributed by atoms with E-state index in [1.54, 1.807) is 0 Å². The molecule has 10 heavy (non-hydrogen) atoms. The average Bonchev–Trinajstić information content (AvgIpc) is 1.89. The van der Waals surface area contributed by atoms with Crippen molar-refractivity contribution in [3.05, 3.63) is 12.2 Å². The van der Waals surface area contributed by atoms with Crippen LogP contribution in [0.3, 0.4) is 0 Å². The van der Waals surface area contributed by atoms with E-state index in [9.17, 15) is 0 Å². The van der Waals surface area contributed by atoms with Gasteiger partial charge in [-0.2, -0.15) is 11.8 Å². The van der Waals surface area contributed by atoms with E-state index in [0.29, 0.717) is 0 Å². The first-order chi connectivity index (χ1) is 4.72. The first kappa shape index (κ1) is 10.0. The molecule has 0 spiro atoms. The summed E-state index contributed by atoms with van der Waals surface area (Å²) in [6.07, 6.45) is 0. The molecule has 1 unspecified atom stereocenters. The van der Waals surface area contributed by atoms with Gasteiger partial charge in [0, 0.05) is 5.75 Å². The van der Waals surface area contributed by atoms with Crippen LogP contribution in [0.15, 0.2) is 12.2 Å². The third-order valence-electron chi connectivity index (χ3n) is 1.28. The molecule has 0 saturated carbocycles. The molecule has 0 aromatic rings. The second kappa shape index (κ2) is 5.77. The van der Waals surface area contributed by atoms with Crippen molar-refractivity contribution in [1.29, 1.82) is 0 Å². The van der Waals surface area contributed by atoms with Gasteiger partial charge in [0.25, 0.3) is 0 Å². The Bertz CT molecular complexity index is 104. The summed E-state index contributed by atoms with van der Waals surface area (Å²) in [6.45, 7) is 7.95. The van der Waals surface area contributed by atoms with E-state index in [-0.39, 0.29) is 6.04 Å². The zero-order valence-electron chi connectivity index (χ0n) is 6.68. The van der Waals surface area contributed by atoms with Crippen LogP contribution in [0.1, 0.15) is 13.8 Å². The Labute approximate surface area is 67.2 Å². The lowest BCUT2D eigenvalue weighted by Gasteiger charge is -2.14. The molecule has 0 radical (unpaired) electrons. The van der Waals surface area contributed by atoms with Crippen molar-refractivity contribution in [2.75, 3.05) is 11.5 Å². The van der Waals surface area contributed by atoms with Gasteiger partial charge in [-0.3, -0.25) is 11.3 Å². The molecule has 0 fully saturated rings. The molecule has 60 valence electrons. The molecule has 3 heteroatoms. The molecule has 0 rings (SSSR count). The van der Waals surface area contributed by atoms with Crippen LogP contribution in [-0.4, -0.2) is 17.5 Å². The standard InChI is InChI=1S/C7H16N2S/c1-4-10-5-7(9-8)6(2)3/h7,9H,2,4-5,8H2,1,3H3. The zero-order chi connectivity index (χ0) is 7.98. The van der Waals surface area contributed by atoms with E-state index >= 15 is 0 Å². The van der Waals surface area contributed by atoms with Gasteiger partial charge in [0.1, 0.15) is 0 Å². The lowest BCUT2D eigenvalue weighted by molar-refractivity contribution is 0.649. The Hall–Kier alpha value is 0.01000. The van der Waals surface area contributed by atoms with E-state index in [2.05, 4.69) is 18.9 Å². The molecule has 2 nitrogen and oxygen atoms in total. The molecular formula is C7H16N2S. The molecule has 0 aliphatic heterocycles. The number of rotatable bonds is 5. The minimum atomic E-state index is 0.268. The van der Waals surface area contributed by atoms with Crippen LogP contribution in [0.4, 0.5) is 0 Å². The summed E-state index contributed by atoms with van der Waals surface area (Å²) >= 11 is 1.87. The summed E-state index contributed by atoms with van der Waals surface area (Å²) in [5.41, 5.74) is 3.82. The molecule has 0 amide bonds. The fourth-order valence-electron chi connectivity index (χ4n) is 0.568. The van der Waals surface area contributed by atoms with Gasteiger partial charge in [-0.05, 0) is 12.7 Å². The first-order valence-electron chi connectivity index (χ1n) is 3.41. The number of thioether (sulfide) groups is 1. The SMILES string of the molecule is C=C(C)C(CSCC)NN. The predicted molar refractivity (Wildman–Crippen MR) is 48.9 cm³/mol. The molecule has 0 aliphatic carbocycles. The normalized spacial score (nSPS) is 13.1. The van der Waals surface area contributed by atoms with Gasteiger partial charge in [-0.25, -0.2) is 0 Å². The third kappa shape index (κ3) is 3.93. The largest absolute Gasteiger partial charge is 0.271 e. The number of nitrogens with one attached hydrogen (secondary N) is 1. The van der Waals surface area contributed by atoms with Crippen LogP contribution < -0.4 is 11.3 Å². The van der Waals surface area contributed by atoms with Crippen LogP contribution in [0.2, 0.25) is 0 Å². The van der Waals surface area contributed by atoms with Crippen molar-refractivity contribution < 1.29 is 0 Å². The second-order valence-corrected chi connectivity index (χ2v) is 3.54. The molecule has 1 atom stereocenters. The molecule has 0 bridgehead atoms. The van der Waals surface area contributed by atoms with E-state index in [4.69, 9.17) is 5.84 Å². The number of hydrogen-bond acceptors (Lipinski definition) is 3. The highest BCUT2D eigenvalue weighted by Gasteiger charge is 2.04. The Morgan fingerprint density at radius 1 is 1.80 bits per heavy atom. The van der Waals surface area contributed by atoms with Crippen molar-refractivity contribution in [1.82, 2.24) is 5.43 Å². The Morgan fingerprint density at radius 2 is 2.40 bits per heavy atom. The zero-order valence-corrected chi connectivity index (χ0v) is 7.50. The van der Waals surface area contributed by atoms with Crippen LogP contribution in [0, 0.1) is 0 Å². The Morgan fingerprint density at radius 3 is 2.70 bits per heavy atom. The average molecular weight is 160 g/mol. The Balaban J connectivity index is 3.50. The van der Waals surface area contributed by atoms with E-state index in [1.165, 1.54) is 0 Å². The predicted octanol–water partition coefficient (Wildman–Crippen LogP) is 1.15. The van der Waals surface area contributed by atoms with E-state index in [0.717, 1.165) is 17.1 Å².